The number of aromatic nitrogens is 2. The van der Waals surface area contributed by atoms with Gasteiger partial charge in [0, 0.05) is 33.1 Å². The molecule has 0 unspecified atom stereocenters. The minimum atomic E-state index is 1.08. The highest BCUT2D eigenvalue weighted by Gasteiger charge is 2.20. The molecule has 0 aliphatic rings. The highest BCUT2D eigenvalue weighted by Crippen LogP contribution is 2.44. The molecule has 4 aromatic heterocycles. The first-order valence-electron chi connectivity index (χ1n) is 9.82. The Labute approximate surface area is 171 Å². The van der Waals surface area contributed by atoms with Crippen molar-refractivity contribution in [3.05, 3.63) is 84.6 Å². The number of fused-ring (bicyclic) bond motifs is 7. The summed E-state index contributed by atoms with van der Waals surface area (Å²) in [6.07, 6.45) is 1.93. The first-order chi connectivity index (χ1) is 14.3. The van der Waals surface area contributed by atoms with Crippen molar-refractivity contribution < 1.29 is 0 Å². The van der Waals surface area contributed by atoms with Crippen LogP contribution in [0, 0.1) is 6.92 Å². The molecule has 0 N–H and O–H groups in total. The lowest BCUT2D eigenvalue weighted by Gasteiger charge is -2.04. The van der Waals surface area contributed by atoms with Crippen LogP contribution in [0.5, 0.6) is 0 Å². The molecule has 0 aliphatic carbocycles. The third kappa shape index (κ3) is 1.93. The average molecular weight is 388 g/mol. The molecule has 0 spiro atoms. The number of hydrogen-bond acceptors (Lipinski definition) is 2. The van der Waals surface area contributed by atoms with Crippen LogP contribution in [0.25, 0.3) is 58.8 Å². The molecule has 3 heteroatoms. The zero-order valence-electron chi connectivity index (χ0n) is 15.8. The lowest BCUT2D eigenvalue weighted by Crippen LogP contribution is -1.84. The van der Waals surface area contributed by atoms with E-state index in [1.165, 1.54) is 58.6 Å². The van der Waals surface area contributed by atoms with Crippen LogP contribution >= 0.6 is 11.3 Å². The molecular weight excluding hydrogens is 372 g/mol. The highest BCUT2D eigenvalue weighted by atomic mass is 32.1. The second-order valence-electron chi connectivity index (χ2n) is 7.77. The smallest absolute Gasteiger partial charge is 0.109 e. The fraction of sp³-hybridized carbons (Fsp3) is 0.0385. The van der Waals surface area contributed by atoms with Crippen LogP contribution in [-0.4, -0.2) is 9.38 Å². The van der Waals surface area contributed by atoms with Gasteiger partial charge >= 0.3 is 0 Å². The second-order valence-corrected chi connectivity index (χ2v) is 8.80. The SMILES string of the molecule is Cc1ccc2c(-c3cc4c5cccc6c7ccccc7n(c4s3)c65)nccc2c1. The van der Waals surface area contributed by atoms with E-state index in [-0.39, 0.29) is 0 Å². The van der Waals surface area contributed by atoms with Crippen LogP contribution in [0.15, 0.2) is 79.0 Å². The molecule has 7 rings (SSSR count). The monoisotopic (exact) mass is 388 g/mol. The molecule has 0 aliphatic heterocycles. The number of para-hydroxylation sites is 2. The molecule has 29 heavy (non-hydrogen) atoms. The summed E-state index contributed by atoms with van der Waals surface area (Å²) in [6, 6.07) is 26.4. The Bertz CT molecular complexity index is 1720. The van der Waals surface area contributed by atoms with Gasteiger partial charge in [0.25, 0.3) is 0 Å². The van der Waals surface area contributed by atoms with Crippen molar-refractivity contribution >= 4 is 59.5 Å². The minimum absolute atomic E-state index is 1.08. The van der Waals surface area contributed by atoms with Gasteiger partial charge in [-0.1, -0.05) is 60.2 Å². The number of hydrogen-bond donors (Lipinski definition) is 0. The van der Waals surface area contributed by atoms with Gasteiger partial charge in [0.1, 0.15) is 4.83 Å². The molecular formula is C26H16N2S. The van der Waals surface area contributed by atoms with E-state index in [9.17, 15) is 0 Å². The standard InChI is InChI=1S/C26H16N2S/c1-15-9-10-17-16(13-15)11-12-27-24(17)23-14-21-20-7-4-6-19-18-5-2-3-8-22(18)28(25(19)20)26(21)29-23/h2-14H,1H3. The molecule has 2 nitrogen and oxygen atoms in total. The molecule has 136 valence electrons. The van der Waals surface area contributed by atoms with Gasteiger partial charge in [0.05, 0.1) is 21.6 Å². The summed E-state index contributed by atoms with van der Waals surface area (Å²) < 4.78 is 2.44. The predicted molar refractivity (Wildman–Crippen MR) is 124 cm³/mol. The number of aryl methyl sites for hydroxylation is 1. The maximum absolute atomic E-state index is 4.78. The summed E-state index contributed by atoms with van der Waals surface area (Å²) >= 11 is 1.84. The van der Waals surface area contributed by atoms with Crippen LogP contribution in [-0.2, 0) is 0 Å². The summed E-state index contributed by atoms with van der Waals surface area (Å²) in [6.45, 7) is 2.14. The van der Waals surface area contributed by atoms with Crippen LogP contribution in [0.3, 0.4) is 0 Å². The molecule has 0 saturated heterocycles. The molecule has 7 aromatic rings. The Morgan fingerprint density at radius 3 is 2.52 bits per heavy atom. The van der Waals surface area contributed by atoms with Gasteiger partial charge < -0.3 is 0 Å². The van der Waals surface area contributed by atoms with Gasteiger partial charge in [-0.15, -0.1) is 11.3 Å². The van der Waals surface area contributed by atoms with Gasteiger partial charge in [-0.3, -0.25) is 9.38 Å². The largest absolute Gasteiger partial charge is 0.299 e. The van der Waals surface area contributed by atoms with Crippen LogP contribution in [0.4, 0.5) is 0 Å². The van der Waals surface area contributed by atoms with Crippen molar-refractivity contribution in [1.29, 1.82) is 0 Å². The maximum atomic E-state index is 4.78. The fourth-order valence-electron chi connectivity index (χ4n) is 4.80. The van der Waals surface area contributed by atoms with E-state index in [0.29, 0.717) is 0 Å². The Morgan fingerprint density at radius 2 is 1.59 bits per heavy atom. The Morgan fingerprint density at radius 1 is 0.759 bits per heavy atom. The third-order valence-electron chi connectivity index (χ3n) is 6.05. The van der Waals surface area contributed by atoms with Gasteiger partial charge in [0.2, 0.25) is 0 Å². The van der Waals surface area contributed by atoms with Gasteiger partial charge in [-0.2, -0.15) is 0 Å². The van der Waals surface area contributed by atoms with Crippen molar-refractivity contribution in [3.8, 4) is 10.6 Å². The molecule has 0 bridgehead atoms. The summed E-state index contributed by atoms with van der Waals surface area (Å²) in [5.41, 5.74) is 4.97. The Kier molecular flexibility index (Phi) is 2.85. The molecule has 0 atom stereocenters. The van der Waals surface area contributed by atoms with E-state index in [0.717, 1.165) is 5.69 Å². The molecule has 0 fully saturated rings. The van der Waals surface area contributed by atoms with E-state index in [2.05, 4.69) is 84.1 Å². The number of thiophene rings is 1. The third-order valence-corrected chi connectivity index (χ3v) is 7.18. The van der Waals surface area contributed by atoms with Crippen molar-refractivity contribution in [2.24, 2.45) is 0 Å². The number of rotatable bonds is 1. The van der Waals surface area contributed by atoms with Crippen LogP contribution < -0.4 is 0 Å². The molecule has 0 saturated carbocycles. The molecule has 0 radical (unpaired) electrons. The van der Waals surface area contributed by atoms with E-state index < -0.39 is 0 Å². The number of benzene rings is 3. The fourth-order valence-corrected chi connectivity index (χ4v) is 6.00. The summed E-state index contributed by atoms with van der Waals surface area (Å²) in [5, 5.41) is 7.77. The first-order valence-corrected chi connectivity index (χ1v) is 10.6. The topological polar surface area (TPSA) is 17.3 Å². The van der Waals surface area contributed by atoms with Crippen molar-refractivity contribution in [1.82, 2.24) is 9.38 Å². The normalized spacial score (nSPS) is 12.3. The second kappa shape index (κ2) is 5.34. The van der Waals surface area contributed by atoms with Crippen molar-refractivity contribution in [3.63, 3.8) is 0 Å². The number of nitrogens with zero attached hydrogens (tertiary/aromatic N) is 2. The minimum Gasteiger partial charge on any atom is -0.299 e. The van der Waals surface area contributed by atoms with E-state index in [1.807, 2.05) is 17.5 Å². The Balaban J connectivity index is 1.63. The van der Waals surface area contributed by atoms with E-state index in [4.69, 9.17) is 4.98 Å². The van der Waals surface area contributed by atoms with Gasteiger partial charge in [0.15, 0.2) is 0 Å². The van der Waals surface area contributed by atoms with Crippen LogP contribution in [0.2, 0.25) is 0 Å². The highest BCUT2D eigenvalue weighted by molar-refractivity contribution is 7.22. The molecule has 0 amide bonds. The lowest BCUT2D eigenvalue weighted by atomic mass is 10.1. The van der Waals surface area contributed by atoms with Crippen molar-refractivity contribution in [2.75, 3.05) is 0 Å². The zero-order valence-corrected chi connectivity index (χ0v) is 16.6. The van der Waals surface area contributed by atoms with Gasteiger partial charge in [-0.05, 0) is 30.5 Å². The average Bonchev–Trinajstić information content (AvgIpc) is 3.40. The summed E-state index contributed by atoms with van der Waals surface area (Å²) in [7, 11) is 0. The van der Waals surface area contributed by atoms with E-state index in [1.54, 1.807) is 0 Å². The van der Waals surface area contributed by atoms with Crippen LogP contribution in [0.1, 0.15) is 5.56 Å². The van der Waals surface area contributed by atoms with E-state index >= 15 is 0 Å². The van der Waals surface area contributed by atoms with Gasteiger partial charge in [-0.25, -0.2) is 0 Å². The predicted octanol–water partition coefficient (Wildman–Crippen LogP) is 7.42. The molecule has 4 heterocycles. The maximum Gasteiger partial charge on any atom is 0.109 e. The molecule has 3 aromatic carbocycles. The van der Waals surface area contributed by atoms with Crippen molar-refractivity contribution in [2.45, 2.75) is 6.92 Å². The summed E-state index contributed by atoms with van der Waals surface area (Å²) in [4.78, 5) is 7.31. The zero-order chi connectivity index (χ0) is 19.1. The lowest BCUT2D eigenvalue weighted by molar-refractivity contribution is 1.37. The first kappa shape index (κ1) is 15.5. The number of pyridine rings is 1. The summed E-state index contributed by atoms with van der Waals surface area (Å²) in [5.74, 6) is 0. The Hall–Kier alpha value is -3.43. The quantitative estimate of drug-likeness (QED) is 0.286.